The number of hydrogen-bond acceptors (Lipinski definition) is 4. The Kier molecular flexibility index (Phi) is 6.87. The Labute approximate surface area is 189 Å². The quantitative estimate of drug-likeness (QED) is 0.549. The third-order valence-corrected chi connectivity index (χ3v) is 7.04. The topological polar surface area (TPSA) is 78.5 Å². The van der Waals surface area contributed by atoms with Crippen LogP contribution in [-0.2, 0) is 27.9 Å². The number of nitrogens with one attached hydrogen (secondary N) is 2. The van der Waals surface area contributed by atoms with E-state index in [9.17, 15) is 13.2 Å². The van der Waals surface area contributed by atoms with Gasteiger partial charge in [0.1, 0.15) is 0 Å². The van der Waals surface area contributed by atoms with Crippen LogP contribution in [0.25, 0.3) is 0 Å². The van der Waals surface area contributed by atoms with Crippen molar-refractivity contribution in [1.29, 1.82) is 0 Å². The van der Waals surface area contributed by atoms with Gasteiger partial charge in [-0.3, -0.25) is 14.4 Å². The van der Waals surface area contributed by atoms with Crippen molar-refractivity contribution in [2.75, 3.05) is 11.3 Å². The standard InChI is InChI=1S/C25H27N3O3S/c29-25(24-16-9-17-28(24)19-20-10-3-1-4-11-20)26-18-21-12-7-8-15-23(21)27-32(30,31)22-13-5-2-6-14-22/h1-8,10-15,24,27H,9,16-19H2,(H,26,29). The molecule has 1 aliphatic rings. The van der Waals surface area contributed by atoms with E-state index in [2.05, 4.69) is 27.1 Å². The van der Waals surface area contributed by atoms with Crippen LogP contribution in [-0.4, -0.2) is 31.8 Å². The fourth-order valence-corrected chi connectivity index (χ4v) is 5.13. The highest BCUT2D eigenvalue weighted by Crippen LogP contribution is 2.22. The lowest BCUT2D eigenvalue weighted by Crippen LogP contribution is -2.42. The van der Waals surface area contributed by atoms with Crippen LogP contribution in [0, 0.1) is 0 Å². The molecule has 1 amide bonds. The van der Waals surface area contributed by atoms with E-state index < -0.39 is 10.0 Å². The van der Waals surface area contributed by atoms with E-state index in [4.69, 9.17) is 0 Å². The second-order valence-electron chi connectivity index (χ2n) is 7.91. The normalized spacial score (nSPS) is 16.6. The van der Waals surface area contributed by atoms with Crippen molar-refractivity contribution >= 4 is 21.6 Å². The number of likely N-dealkylation sites (tertiary alicyclic amines) is 1. The number of rotatable bonds is 8. The van der Waals surface area contributed by atoms with Gasteiger partial charge in [-0.05, 0) is 48.7 Å². The molecule has 0 bridgehead atoms. The zero-order valence-electron chi connectivity index (χ0n) is 17.8. The van der Waals surface area contributed by atoms with Crippen molar-refractivity contribution in [3.8, 4) is 0 Å². The molecule has 0 aromatic heterocycles. The summed E-state index contributed by atoms with van der Waals surface area (Å²) in [5, 5.41) is 3.01. The van der Waals surface area contributed by atoms with Crippen LogP contribution in [0.15, 0.2) is 89.8 Å². The molecule has 0 aliphatic carbocycles. The Hall–Kier alpha value is -3.16. The van der Waals surface area contributed by atoms with Crippen LogP contribution < -0.4 is 10.0 Å². The van der Waals surface area contributed by atoms with E-state index in [0.717, 1.165) is 25.9 Å². The first-order valence-electron chi connectivity index (χ1n) is 10.7. The Morgan fingerprint density at radius 2 is 1.56 bits per heavy atom. The average Bonchev–Trinajstić information content (AvgIpc) is 3.27. The molecule has 3 aromatic carbocycles. The van der Waals surface area contributed by atoms with Gasteiger partial charge in [0.25, 0.3) is 10.0 Å². The monoisotopic (exact) mass is 449 g/mol. The van der Waals surface area contributed by atoms with Crippen LogP contribution in [0.3, 0.4) is 0 Å². The Balaban J connectivity index is 1.41. The highest BCUT2D eigenvalue weighted by molar-refractivity contribution is 7.92. The Morgan fingerprint density at radius 1 is 0.906 bits per heavy atom. The molecule has 1 atom stereocenters. The van der Waals surface area contributed by atoms with Crippen LogP contribution in [0.2, 0.25) is 0 Å². The van der Waals surface area contributed by atoms with Gasteiger partial charge >= 0.3 is 0 Å². The SMILES string of the molecule is O=C(NCc1ccccc1NS(=O)(=O)c1ccccc1)C1CCCN1Cc1ccccc1. The summed E-state index contributed by atoms with van der Waals surface area (Å²) in [7, 11) is -3.70. The smallest absolute Gasteiger partial charge is 0.261 e. The highest BCUT2D eigenvalue weighted by Gasteiger charge is 2.30. The van der Waals surface area contributed by atoms with Gasteiger partial charge in [0.15, 0.2) is 0 Å². The predicted molar refractivity (Wildman–Crippen MR) is 125 cm³/mol. The largest absolute Gasteiger partial charge is 0.351 e. The summed E-state index contributed by atoms with van der Waals surface area (Å²) in [4.78, 5) is 15.3. The summed E-state index contributed by atoms with van der Waals surface area (Å²) in [5.74, 6) is -0.0286. The Morgan fingerprint density at radius 3 is 2.31 bits per heavy atom. The number of para-hydroxylation sites is 1. The number of benzene rings is 3. The number of carbonyl (C=O) groups is 1. The number of carbonyl (C=O) groups excluding carboxylic acids is 1. The van der Waals surface area contributed by atoms with Crippen molar-refractivity contribution in [2.45, 2.75) is 36.9 Å². The Bertz CT molecular complexity index is 1150. The molecule has 0 saturated carbocycles. The lowest BCUT2D eigenvalue weighted by Gasteiger charge is -2.24. The van der Waals surface area contributed by atoms with Crippen molar-refractivity contribution in [1.82, 2.24) is 10.2 Å². The maximum absolute atomic E-state index is 12.9. The predicted octanol–water partition coefficient (Wildman–Crippen LogP) is 3.77. The van der Waals surface area contributed by atoms with E-state index >= 15 is 0 Å². The molecule has 1 heterocycles. The van der Waals surface area contributed by atoms with E-state index in [1.54, 1.807) is 42.5 Å². The van der Waals surface area contributed by atoms with Gasteiger partial charge in [-0.1, -0.05) is 66.7 Å². The van der Waals surface area contributed by atoms with Crippen molar-refractivity contribution < 1.29 is 13.2 Å². The van der Waals surface area contributed by atoms with Crippen molar-refractivity contribution in [2.24, 2.45) is 0 Å². The summed E-state index contributed by atoms with van der Waals surface area (Å²) in [6.07, 6.45) is 1.80. The molecule has 3 aromatic rings. The minimum Gasteiger partial charge on any atom is -0.351 e. The molecule has 0 spiro atoms. The summed E-state index contributed by atoms with van der Waals surface area (Å²) in [6.45, 7) is 1.88. The van der Waals surface area contributed by atoms with Crippen molar-refractivity contribution in [3.63, 3.8) is 0 Å². The molecule has 166 valence electrons. The number of amides is 1. The second-order valence-corrected chi connectivity index (χ2v) is 9.59. The molecule has 2 N–H and O–H groups in total. The van der Waals surface area contributed by atoms with Gasteiger partial charge in [0.2, 0.25) is 5.91 Å². The van der Waals surface area contributed by atoms with E-state index in [1.165, 1.54) is 5.56 Å². The molecule has 0 radical (unpaired) electrons. The highest BCUT2D eigenvalue weighted by atomic mass is 32.2. The van der Waals surface area contributed by atoms with Crippen molar-refractivity contribution in [3.05, 3.63) is 96.1 Å². The summed E-state index contributed by atoms with van der Waals surface area (Å²) in [6, 6.07) is 25.3. The van der Waals surface area contributed by atoms with Gasteiger partial charge in [-0.15, -0.1) is 0 Å². The molecule has 32 heavy (non-hydrogen) atoms. The van der Waals surface area contributed by atoms with E-state index in [1.807, 2.05) is 30.3 Å². The minimum atomic E-state index is -3.70. The lowest BCUT2D eigenvalue weighted by molar-refractivity contribution is -0.125. The minimum absolute atomic E-state index is 0.0286. The third kappa shape index (κ3) is 5.36. The van der Waals surface area contributed by atoms with Crippen LogP contribution in [0.5, 0.6) is 0 Å². The number of hydrogen-bond donors (Lipinski definition) is 2. The first-order valence-corrected chi connectivity index (χ1v) is 12.2. The summed E-state index contributed by atoms with van der Waals surface area (Å²) < 4.78 is 28.1. The molecule has 1 fully saturated rings. The average molecular weight is 450 g/mol. The molecular weight excluding hydrogens is 422 g/mol. The molecule has 6 nitrogen and oxygen atoms in total. The zero-order chi connectivity index (χ0) is 22.4. The lowest BCUT2D eigenvalue weighted by atomic mass is 10.1. The maximum Gasteiger partial charge on any atom is 0.261 e. The molecular formula is C25H27N3O3S. The molecule has 1 unspecified atom stereocenters. The fraction of sp³-hybridized carbons (Fsp3) is 0.240. The zero-order valence-corrected chi connectivity index (χ0v) is 18.6. The molecule has 1 saturated heterocycles. The van der Waals surface area contributed by atoms with Gasteiger partial charge in [0, 0.05) is 13.1 Å². The first kappa shape index (κ1) is 22.0. The van der Waals surface area contributed by atoms with Gasteiger partial charge in [-0.2, -0.15) is 0 Å². The van der Waals surface area contributed by atoms with E-state index in [-0.39, 0.29) is 23.4 Å². The van der Waals surface area contributed by atoms with Gasteiger partial charge in [-0.25, -0.2) is 8.42 Å². The van der Waals surface area contributed by atoms with E-state index in [0.29, 0.717) is 11.3 Å². The number of nitrogens with zero attached hydrogens (tertiary/aromatic N) is 1. The van der Waals surface area contributed by atoms with Crippen LogP contribution in [0.1, 0.15) is 24.0 Å². The number of sulfonamides is 1. The van der Waals surface area contributed by atoms with Gasteiger partial charge < -0.3 is 5.32 Å². The molecule has 7 heteroatoms. The summed E-state index contributed by atoms with van der Waals surface area (Å²) >= 11 is 0. The van der Waals surface area contributed by atoms with Crippen LogP contribution >= 0.6 is 0 Å². The van der Waals surface area contributed by atoms with Crippen LogP contribution in [0.4, 0.5) is 5.69 Å². The fourth-order valence-electron chi connectivity index (χ4n) is 4.01. The number of anilines is 1. The maximum atomic E-state index is 12.9. The summed E-state index contributed by atoms with van der Waals surface area (Å²) in [5.41, 5.74) is 2.37. The molecule has 1 aliphatic heterocycles. The van der Waals surface area contributed by atoms with Gasteiger partial charge in [0.05, 0.1) is 16.6 Å². The first-order chi connectivity index (χ1) is 15.5. The third-order valence-electron chi connectivity index (χ3n) is 5.66. The second kappa shape index (κ2) is 9.97. The molecule has 4 rings (SSSR count).